The summed E-state index contributed by atoms with van der Waals surface area (Å²) in [5.41, 5.74) is 4.65. The highest BCUT2D eigenvalue weighted by Crippen LogP contribution is 2.55. The lowest BCUT2D eigenvalue weighted by Crippen LogP contribution is -2.25. The molecule has 1 aliphatic carbocycles. The summed E-state index contributed by atoms with van der Waals surface area (Å²) in [7, 11) is 0. The zero-order valence-electron chi connectivity index (χ0n) is 8.24. The second-order valence-corrected chi connectivity index (χ2v) is 4.25. The molecule has 0 radical (unpaired) electrons. The number of hydrogen-bond acceptors (Lipinski definition) is 2. The first kappa shape index (κ1) is 11.1. The molecule has 1 saturated carbocycles. The Balaban J connectivity index is 2.40. The van der Waals surface area contributed by atoms with Gasteiger partial charge in [-0.1, -0.05) is 12.1 Å². The molecule has 1 fully saturated rings. The summed E-state index contributed by atoms with van der Waals surface area (Å²) in [6.07, 6.45) is 0.302. The Morgan fingerprint density at radius 1 is 1.38 bits per heavy atom. The average molecular weight is 242 g/mol. The van der Waals surface area contributed by atoms with E-state index in [1.165, 1.54) is 24.3 Å². The summed E-state index contributed by atoms with van der Waals surface area (Å²) in [6.45, 7) is 0. The normalized spacial score (nSPS) is 27.5. The van der Waals surface area contributed by atoms with Crippen LogP contribution in [0.15, 0.2) is 24.3 Å². The van der Waals surface area contributed by atoms with Gasteiger partial charge in [0.05, 0.1) is 11.3 Å². The van der Waals surface area contributed by atoms with Gasteiger partial charge in [-0.3, -0.25) is 9.59 Å². The molecular formula is C11H9ClFNO2. The summed E-state index contributed by atoms with van der Waals surface area (Å²) in [6, 6.07) is 5.37. The van der Waals surface area contributed by atoms with Gasteiger partial charge in [0.15, 0.2) is 0 Å². The molecule has 0 bridgehead atoms. The molecular weight excluding hydrogens is 233 g/mol. The zero-order valence-corrected chi connectivity index (χ0v) is 9.00. The van der Waals surface area contributed by atoms with Crippen molar-refractivity contribution >= 4 is 22.8 Å². The third kappa shape index (κ3) is 1.50. The predicted molar refractivity (Wildman–Crippen MR) is 56.2 cm³/mol. The number of amides is 1. The minimum absolute atomic E-state index is 0.302. The molecule has 1 aromatic rings. The maximum atomic E-state index is 12.7. The summed E-state index contributed by atoms with van der Waals surface area (Å²) in [4.78, 5) is 22.5. The SMILES string of the molecule is NC(=O)C1CC1(C(=O)Cl)c1ccc(F)cc1. The monoisotopic (exact) mass is 241 g/mol. The van der Waals surface area contributed by atoms with Crippen LogP contribution in [0.4, 0.5) is 4.39 Å². The third-order valence-corrected chi connectivity index (χ3v) is 3.35. The van der Waals surface area contributed by atoms with Crippen molar-refractivity contribution in [3.8, 4) is 0 Å². The molecule has 0 saturated heterocycles. The van der Waals surface area contributed by atoms with E-state index in [2.05, 4.69) is 0 Å². The number of halogens is 2. The minimum atomic E-state index is -1.04. The van der Waals surface area contributed by atoms with Crippen LogP contribution in [0.3, 0.4) is 0 Å². The molecule has 2 N–H and O–H groups in total. The van der Waals surface area contributed by atoms with Gasteiger partial charge in [0.1, 0.15) is 5.82 Å². The van der Waals surface area contributed by atoms with Crippen molar-refractivity contribution < 1.29 is 14.0 Å². The fourth-order valence-corrected chi connectivity index (χ4v) is 2.32. The number of nitrogens with two attached hydrogens (primary N) is 1. The van der Waals surface area contributed by atoms with Crippen molar-refractivity contribution in [1.29, 1.82) is 0 Å². The van der Waals surface area contributed by atoms with Gasteiger partial charge in [0.2, 0.25) is 11.1 Å². The fourth-order valence-electron chi connectivity index (χ4n) is 2.00. The first-order valence-corrected chi connectivity index (χ1v) is 5.11. The molecule has 5 heteroatoms. The van der Waals surface area contributed by atoms with Gasteiger partial charge < -0.3 is 5.73 Å². The van der Waals surface area contributed by atoms with E-state index < -0.39 is 28.3 Å². The van der Waals surface area contributed by atoms with E-state index in [0.29, 0.717) is 12.0 Å². The first-order chi connectivity index (χ1) is 7.48. The number of rotatable bonds is 3. The Hall–Kier alpha value is -1.42. The summed E-state index contributed by atoms with van der Waals surface area (Å²) >= 11 is 5.50. The maximum absolute atomic E-state index is 12.7. The molecule has 0 heterocycles. The lowest BCUT2D eigenvalue weighted by atomic mass is 9.94. The number of carbonyl (C=O) groups excluding carboxylic acids is 2. The largest absolute Gasteiger partial charge is 0.369 e. The maximum Gasteiger partial charge on any atom is 0.233 e. The lowest BCUT2D eigenvalue weighted by Gasteiger charge is -2.11. The average Bonchev–Trinajstić information content (AvgIpc) is 2.95. The minimum Gasteiger partial charge on any atom is -0.369 e. The van der Waals surface area contributed by atoms with Crippen molar-refractivity contribution in [2.45, 2.75) is 11.8 Å². The summed E-state index contributed by atoms with van der Waals surface area (Å²) in [5, 5.41) is -0.622. The number of carbonyl (C=O) groups is 2. The van der Waals surface area contributed by atoms with Crippen molar-refractivity contribution in [2.75, 3.05) is 0 Å². The van der Waals surface area contributed by atoms with Crippen molar-refractivity contribution in [1.82, 2.24) is 0 Å². The highest BCUT2D eigenvalue weighted by molar-refractivity contribution is 6.66. The van der Waals surface area contributed by atoms with Crippen LogP contribution in [-0.2, 0) is 15.0 Å². The Morgan fingerprint density at radius 3 is 2.31 bits per heavy atom. The highest BCUT2D eigenvalue weighted by atomic mass is 35.5. The standard InChI is InChI=1S/C11H9ClFNO2/c12-10(16)11(5-8(11)9(14)15)6-1-3-7(13)4-2-6/h1-4,8H,5H2,(H2,14,15). The van der Waals surface area contributed by atoms with E-state index in [4.69, 9.17) is 17.3 Å². The van der Waals surface area contributed by atoms with Crippen LogP contribution < -0.4 is 5.73 Å². The van der Waals surface area contributed by atoms with Crippen LogP contribution in [0.1, 0.15) is 12.0 Å². The molecule has 84 valence electrons. The Morgan fingerprint density at radius 2 is 1.94 bits per heavy atom. The molecule has 0 spiro atoms. The summed E-state index contributed by atoms with van der Waals surface area (Å²) in [5.74, 6) is -1.54. The fraction of sp³-hybridized carbons (Fsp3) is 0.273. The molecule has 1 amide bonds. The number of benzene rings is 1. The second-order valence-electron chi connectivity index (χ2n) is 3.91. The Labute approximate surface area is 96.4 Å². The number of hydrogen-bond donors (Lipinski definition) is 1. The van der Waals surface area contributed by atoms with Crippen LogP contribution >= 0.6 is 11.6 Å². The zero-order chi connectivity index (χ0) is 11.9. The van der Waals surface area contributed by atoms with E-state index in [0.717, 1.165) is 0 Å². The van der Waals surface area contributed by atoms with Gasteiger partial charge in [-0.25, -0.2) is 4.39 Å². The summed E-state index contributed by atoms with van der Waals surface area (Å²) < 4.78 is 12.7. The van der Waals surface area contributed by atoms with Gasteiger partial charge in [-0.15, -0.1) is 0 Å². The van der Waals surface area contributed by atoms with Crippen LogP contribution in [-0.4, -0.2) is 11.1 Å². The van der Waals surface area contributed by atoms with Crippen LogP contribution in [0.25, 0.3) is 0 Å². The number of primary amides is 1. The van der Waals surface area contributed by atoms with Gasteiger partial charge in [0.25, 0.3) is 0 Å². The quantitative estimate of drug-likeness (QED) is 0.812. The van der Waals surface area contributed by atoms with Gasteiger partial charge in [0, 0.05) is 0 Å². The molecule has 3 nitrogen and oxygen atoms in total. The highest BCUT2D eigenvalue weighted by Gasteiger charge is 2.63. The third-order valence-electron chi connectivity index (χ3n) is 3.01. The predicted octanol–water partition coefficient (Wildman–Crippen LogP) is 1.33. The van der Waals surface area contributed by atoms with Crippen LogP contribution in [0.2, 0.25) is 0 Å². The van der Waals surface area contributed by atoms with Gasteiger partial charge >= 0.3 is 0 Å². The Kier molecular flexibility index (Phi) is 2.46. The van der Waals surface area contributed by atoms with E-state index in [1.54, 1.807) is 0 Å². The van der Waals surface area contributed by atoms with Crippen molar-refractivity contribution in [3.05, 3.63) is 35.6 Å². The molecule has 2 atom stereocenters. The lowest BCUT2D eigenvalue weighted by molar-refractivity contribution is -0.122. The Bertz CT molecular complexity index is 460. The van der Waals surface area contributed by atoms with E-state index in [-0.39, 0.29) is 0 Å². The molecule has 0 aliphatic heterocycles. The van der Waals surface area contributed by atoms with E-state index in [9.17, 15) is 14.0 Å². The second kappa shape index (κ2) is 3.56. The molecule has 2 rings (SSSR count). The van der Waals surface area contributed by atoms with Crippen molar-refractivity contribution in [3.63, 3.8) is 0 Å². The van der Waals surface area contributed by atoms with E-state index >= 15 is 0 Å². The molecule has 0 aromatic heterocycles. The first-order valence-electron chi connectivity index (χ1n) is 4.74. The molecule has 2 unspecified atom stereocenters. The van der Waals surface area contributed by atoms with Crippen LogP contribution in [0.5, 0.6) is 0 Å². The molecule has 1 aromatic carbocycles. The van der Waals surface area contributed by atoms with Gasteiger partial charge in [-0.2, -0.15) is 0 Å². The topological polar surface area (TPSA) is 60.2 Å². The van der Waals surface area contributed by atoms with Crippen molar-refractivity contribution in [2.24, 2.45) is 11.7 Å². The van der Waals surface area contributed by atoms with E-state index in [1.807, 2.05) is 0 Å². The van der Waals surface area contributed by atoms with Gasteiger partial charge in [-0.05, 0) is 35.7 Å². The van der Waals surface area contributed by atoms with Crippen LogP contribution in [0, 0.1) is 11.7 Å². The smallest absolute Gasteiger partial charge is 0.233 e. The molecule has 1 aliphatic rings. The molecule has 16 heavy (non-hydrogen) atoms.